The van der Waals surface area contributed by atoms with Crippen molar-refractivity contribution in [3.05, 3.63) is 53.6 Å². The fraction of sp³-hybridized carbons (Fsp3) is 0.292. The number of aliphatic carboxylic acids is 1. The summed E-state index contributed by atoms with van der Waals surface area (Å²) in [5.74, 6) is -3.78. The van der Waals surface area contributed by atoms with Gasteiger partial charge < -0.3 is 15.2 Å². The molecule has 2 N–H and O–H groups in total. The number of carbonyl (C=O) groups excluding carboxylic acids is 4. The van der Waals surface area contributed by atoms with Crippen molar-refractivity contribution >= 4 is 35.5 Å². The van der Waals surface area contributed by atoms with Gasteiger partial charge in [-0.25, -0.2) is 4.79 Å². The van der Waals surface area contributed by atoms with E-state index >= 15 is 0 Å². The molecule has 1 saturated heterocycles. The number of nitrogens with zero attached hydrogens (tertiary/aromatic N) is 1. The SMILES string of the molecule is CC(CC(=O)O)C(=O)Nc1ccc2c(c1)C(COC(=O)ON1C(=O)CCC1=O)c1ccccc1-2. The van der Waals surface area contributed by atoms with Crippen molar-refractivity contribution in [2.75, 3.05) is 11.9 Å². The van der Waals surface area contributed by atoms with Crippen LogP contribution in [-0.2, 0) is 28.8 Å². The third-order valence-corrected chi connectivity index (χ3v) is 5.79. The number of anilines is 1. The maximum Gasteiger partial charge on any atom is 0.533 e. The van der Waals surface area contributed by atoms with Crippen LogP contribution in [0, 0.1) is 5.92 Å². The standard InChI is InChI=1S/C24H22N2O8/c1-13(10-22(29)30)23(31)25-14-6-7-17-15-4-2-3-5-16(15)19(18(17)11-14)12-33-24(32)34-26-20(27)8-9-21(26)28/h2-7,11,13,19H,8-10,12H2,1H3,(H,25,31)(H,29,30). The Morgan fingerprint density at radius 1 is 1.06 bits per heavy atom. The van der Waals surface area contributed by atoms with Gasteiger partial charge in [0.15, 0.2) is 0 Å². The number of carboxylic acid groups (broad SMARTS) is 1. The van der Waals surface area contributed by atoms with Gasteiger partial charge in [-0.1, -0.05) is 42.3 Å². The van der Waals surface area contributed by atoms with Gasteiger partial charge in [-0.05, 0) is 34.4 Å². The molecule has 2 aromatic rings. The minimum Gasteiger partial charge on any atom is -0.481 e. The van der Waals surface area contributed by atoms with E-state index in [-0.39, 0.29) is 31.8 Å². The van der Waals surface area contributed by atoms with Crippen LogP contribution in [0.25, 0.3) is 11.1 Å². The molecule has 1 fully saturated rings. The zero-order chi connectivity index (χ0) is 24.4. The molecule has 0 spiro atoms. The van der Waals surface area contributed by atoms with Gasteiger partial charge in [0.1, 0.15) is 6.61 Å². The lowest BCUT2D eigenvalue weighted by Crippen LogP contribution is -2.32. The molecule has 10 nitrogen and oxygen atoms in total. The molecule has 2 unspecified atom stereocenters. The normalized spacial score (nSPS) is 17.1. The molecule has 1 aliphatic heterocycles. The number of carboxylic acids is 1. The molecule has 2 atom stereocenters. The van der Waals surface area contributed by atoms with Crippen molar-refractivity contribution in [1.82, 2.24) is 5.06 Å². The van der Waals surface area contributed by atoms with Crippen LogP contribution in [0.1, 0.15) is 43.2 Å². The van der Waals surface area contributed by atoms with Crippen LogP contribution in [0.5, 0.6) is 0 Å². The van der Waals surface area contributed by atoms with Crippen LogP contribution in [0.4, 0.5) is 10.5 Å². The van der Waals surface area contributed by atoms with Crippen molar-refractivity contribution in [2.24, 2.45) is 5.92 Å². The van der Waals surface area contributed by atoms with E-state index in [0.717, 1.165) is 22.3 Å². The molecule has 2 aromatic carbocycles. The Bertz CT molecular complexity index is 1180. The molecule has 176 valence electrons. The summed E-state index contributed by atoms with van der Waals surface area (Å²) in [6.07, 6.45) is -1.49. The summed E-state index contributed by atoms with van der Waals surface area (Å²) in [5.41, 5.74) is 4.03. The number of rotatable bonds is 7. The zero-order valence-electron chi connectivity index (χ0n) is 18.3. The molecule has 0 aromatic heterocycles. The van der Waals surface area contributed by atoms with Crippen molar-refractivity contribution in [1.29, 1.82) is 0 Å². The van der Waals surface area contributed by atoms with E-state index in [1.54, 1.807) is 12.1 Å². The fourth-order valence-corrected chi connectivity index (χ4v) is 4.10. The molecule has 1 aliphatic carbocycles. The first-order chi connectivity index (χ1) is 16.2. The molecule has 4 rings (SSSR count). The predicted octanol–water partition coefficient (Wildman–Crippen LogP) is 3.07. The van der Waals surface area contributed by atoms with Gasteiger partial charge in [0.2, 0.25) is 5.91 Å². The summed E-state index contributed by atoms with van der Waals surface area (Å²) in [7, 11) is 0. The fourth-order valence-electron chi connectivity index (χ4n) is 4.10. The van der Waals surface area contributed by atoms with Gasteiger partial charge in [-0.15, -0.1) is 0 Å². The molecular weight excluding hydrogens is 444 g/mol. The molecular formula is C24H22N2O8. The minimum atomic E-state index is -1.17. The second-order valence-corrected chi connectivity index (χ2v) is 8.16. The maximum atomic E-state index is 12.4. The van der Waals surface area contributed by atoms with Crippen LogP contribution >= 0.6 is 0 Å². The molecule has 0 radical (unpaired) electrons. The predicted molar refractivity (Wildman–Crippen MR) is 117 cm³/mol. The Morgan fingerprint density at radius 3 is 2.44 bits per heavy atom. The van der Waals surface area contributed by atoms with Crippen LogP contribution in [-0.4, -0.2) is 46.6 Å². The Hall–Kier alpha value is -4.21. The van der Waals surface area contributed by atoms with Crippen LogP contribution in [0.15, 0.2) is 42.5 Å². The number of hydrogen-bond acceptors (Lipinski definition) is 7. The summed E-state index contributed by atoms with van der Waals surface area (Å²) in [6, 6.07) is 12.9. The van der Waals surface area contributed by atoms with Gasteiger partial charge in [0, 0.05) is 30.4 Å². The first-order valence-electron chi connectivity index (χ1n) is 10.7. The van der Waals surface area contributed by atoms with E-state index < -0.39 is 35.8 Å². The third-order valence-electron chi connectivity index (χ3n) is 5.79. The number of hydrogen-bond donors (Lipinski definition) is 2. The van der Waals surface area contributed by atoms with Crippen molar-refractivity contribution in [3.63, 3.8) is 0 Å². The van der Waals surface area contributed by atoms with E-state index in [1.807, 2.05) is 30.3 Å². The number of benzene rings is 2. The molecule has 0 saturated carbocycles. The average Bonchev–Trinajstić information content (AvgIpc) is 3.28. The smallest absolute Gasteiger partial charge is 0.481 e. The number of nitrogens with one attached hydrogen (secondary N) is 1. The molecule has 0 bridgehead atoms. The highest BCUT2D eigenvalue weighted by atomic mass is 16.8. The Kier molecular flexibility index (Phi) is 6.31. The molecule has 34 heavy (non-hydrogen) atoms. The van der Waals surface area contributed by atoms with E-state index in [1.165, 1.54) is 6.92 Å². The quantitative estimate of drug-likeness (QED) is 0.469. The first kappa shape index (κ1) is 23.0. The van der Waals surface area contributed by atoms with Crippen molar-refractivity contribution in [3.8, 4) is 11.1 Å². The highest BCUT2D eigenvalue weighted by Gasteiger charge is 2.35. The molecule has 1 heterocycles. The van der Waals surface area contributed by atoms with Crippen LogP contribution in [0.3, 0.4) is 0 Å². The number of imide groups is 1. The lowest BCUT2D eigenvalue weighted by Gasteiger charge is -2.17. The second-order valence-electron chi connectivity index (χ2n) is 8.16. The highest BCUT2D eigenvalue weighted by Crippen LogP contribution is 2.45. The Balaban J connectivity index is 1.51. The van der Waals surface area contributed by atoms with Gasteiger partial charge in [0.25, 0.3) is 11.8 Å². The first-order valence-corrected chi connectivity index (χ1v) is 10.7. The molecule has 10 heteroatoms. The highest BCUT2D eigenvalue weighted by molar-refractivity contribution is 6.01. The zero-order valence-corrected chi connectivity index (χ0v) is 18.3. The van der Waals surface area contributed by atoms with Gasteiger partial charge in [-0.3, -0.25) is 24.0 Å². The van der Waals surface area contributed by atoms with Crippen LogP contribution < -0.4 is 5.32 Å². The van der Waals surface area contributed by atoms with E-state index in [2.05, 4.69) is 5.32 Å². The summed E-state index contributed by atoms with van der Waals surface area (Å²) in [6.45, 7) is 1.41. The number of amides is 3. The number of hydroxylamine groups is 2. The third kappa shape index (κ3) is 4.61. The van der Waals surface area contributed by atoms with Gasteiger partial charge in [0.05, 0.1) is 6.42 Å². The maximum absolute atomic E-state index is 12.4. The number of fused-ring (bicyclic) bond motifs is 3. The van der Waals surface area contributed by atoms with E-state index in [0.29, 0.717) is 10.8 Å². The summed E-state index contributed by atoms with van der Waals surface area (Å²) < 4.78 is 5.24. The van der Waals surface area contributed by atoms with Gasteiger partial charge >= 0.3 is 12.1 Å². The summed E-state index contributed by atoms with van der Waals surface area (Å²) in [4.78, 5) is 63.5. The van der Waals surface area contributed by atoms with Crippen molar-refractivity contribution in [2.45, 2.75) is 32.1 Å². The number of ether oxygens (including phenoxy) is 1. The second kappa shape index (κ2) is 9.34. The lowest BCUT2D eigenvalue weighted by atomic mass is 9.97. The summed E-state index contributed by atoms with van der Waals surface area (Å²) >= 11 is 0. The van der Waals surface area contributed by atoms with E-state index in [4.69, 9.17) is 14.7 Å². The Morgan fingerprint density at radius 2 is 1.74 bits per heavy atom. The number of carbonyl (C=O) groups is 5. The summed E-state index contributed by atoms with van der Waals surface area (Å²) in [5, 5.41) is 12.1. The lowest BCUT2D eigenvalue weighted by molar-refractivity contribution is -0.177. The largest absolute Gasteiger partial charge is 0.533 e. The molecule has 2 aliphatic rings. The monoisotopic (exact) mass is 466 g/mol. The van der Waals surface area contributed by atoms with Crippen molar-refractivity contribution < 1.29 is 38.7 Å². The van der Waals surface area contributed by atoms with Crippen LogP contribution in [0.2, 0.25) is 0 Å². The van der Waals surface area contributed by atoms with Gasteiger partial charge in [-0.2, -0.15) is 0 Å². The topological polar surface area (TPSA) is 139 Å². The average molecular weight is 466 g/mol. The van der Waals surface area contributed by atoms with E-state index in [9.17, 15) is 24.0 Å². The molecule has 3 amide bonds. The Labute approximate surface area is 194 Å². The minimum absolute atomic E-state index is 0.0188.